The summed E-state index contributed by atoms with van der Waals surface area (Å²) in [7, 11) is 1.51. The molecule has 1 N–H and O–H groups in total. The van der Waals surface area contributed by atoms with Crippen molar-refractivity contribution >= 4 is 34.7 Å². The predicted octanol–water partition coefficient (Wildman–Crippen LogP) is 5.42. The van der Waals surface area contributed by atoms with Crippen molar-refractivity contribution in [2.24, 2.45) is 5.10 Å². The standard InChI is InChI=1S/C26H19ClN2O4/c1-3-18-8-4-5-10-20(18)16-32-25-21(27)12-17(13-23(25)31-2)15-28-29-26(30)24-14-19-9-6-7-11-22(19)33-24/h1,4-15H,16H2,2H3,(H,29,30). The van der Waals surface area contributed by atoms with E-state index in [1.165, 1.54) is 13.3 Å². The van der Waals surface area contributed by atoms with Crippen LogP contribution in [0, 0.1) is 12.3 Å². The first-order chi connectivity index (χ1) is 16.1. The monoisotopic (exact) mass is 458 g/mol. The van der Waals surface area contributed by atoms with Crippen LogP contribution >= 0.6 is 11.6 Å². The molecule has 3 aromatic carbocycles. The quantitative estimate of drug-likeness (QED) is 0.228. The minimum Gasteiger partial charge on any atom is -0.493 e. The van der Waals surface area contributed by atoms with Gasteiger partial charge >= 0.3 is 5.91 Å². The van der Waals surface area contributed by atoms with Crippen LogP contribution in [0.5, 0.6) is 11.5 Å². The van der Waals surface area contributed by atoms with E-state index in [1.807, 2.05) is 42.5 Å². The van der Waals surface area contributed by atoms with Crippen LogP contribution in [-0.2, 0) is 6.61 Å². The summed E-state index contributed by atoms with van der Waals surface area (Å²) in [5.41, 5.74) is 5.28. The number of nitrogens with one attached hydrogen (secondary N) is 1. The number of nitrogens with zero attached hydrogens (tertiary/aromatic N) is 1. The highest BCUT2D eigenvalue weighted by Crippen LogP contribution is 2.36. The lowest BCUT2D eigenvalue weighted by Crippen LogP contribution is -2.16. The zero-order chi connectivity index (χ0) is 23.2. The number of rotatable bonds is 7. The molecule has 7 heteroatoms. The first-order valence-corrected chi connectivity index (χ1v) is 10.3. The molecule has 6 nitrogen and oxygen atoms in total. The van der Waals surface area contributed by atoms with E-state index in [1.54, 1.807) is 24.3 Å². The zero-order valence-corrected chi connectivity index (χ0v) is 18.4. The smallest absolute Gasteiger partial charge is 0.307 e. The van der Waals surface area contributed by atoms with E-state index in [4.69, 9.17) is 31.9 Å². The second kappa shape index (κ2) is 9.94. The fraction of sp³-hybridized carbons (Fsp3) is 0.0769. The molecule has 0 atom stereocenters. The van der Waals surface area contributed by atoms with Gasteiger partial charge in [0.05, 0.1) is 18.3 Å². The lowest BCUT2D eigenvalue weighted by atomic mass is 10.1. The van der Waals surface area contributed by atoms with Crippen LogP contribution in [0.15, 0.2) is 76.2 Å². The largest absolute Gasteiger partial charge is 0.493 e. The summed E-state index contributed by atoms with van der Waals surface area (Å²) in [5.74, 6) is 3.14. The normalized spacial score (nSPS) is 10.8. The average molecular weight is 459 g/mol. The van der Waals surface area contributed by atoms with Crippen LogP contribution in [0.25, 0.3) is 11.0 Å². The van der Waals surface area contributed by atoms with Crippen LogP contribution in [-0.4, -0.2) is 19.2 Å². The topological polar surface area (TPSA) is 73.1 Å². The third kappa shape index (κ3) is 5.00. The second-order valence-electron chi connectivity index (χ2n) is 6.97. The Kier molecular flexibility index (Phi) is 6.63. The molecular weight excluding hydrogens is 440 g/mol. The molecule has 0 aliphatic heterocycles. The van der Waals surface area contributed by atoms with Gasteiger partial charge in [-0.05, 0) is 35.9 Å². The van der Waals surface area contributed by atoms with Gasteiger partial charge in [0.1, 0.15) is 12.2 Å². The lowest BCUT2D eigenvalue weighted by Gasteiger charge is -2.14. The highest BCUT2D eigenvalue weighted by Gasteiger charge is 2.14. The molecule has 0 bridgehead atoms. The highest BCUT2D eigenvalue weighted by atomic mass is 35.5. The second-order valence-corrected chi connectivity index (χ2v) is 7.38. The Hall–Kier alpha value is -4.21. The number of hydrogen-bond acceptors (Lipinski definition) is 5. The minimum atomic E-state index is -0.465. The number of methoxy groups -OCH3 is 1. The highest BCUT2D eigenvalue weighted by molar-refractivity contribution is 6.32. The van der Waals surface area contributed by atoms with Gasteiger partial charge in [0, 0.05) is 16.5 Å². The Morgan fingerprint density at radius 1 is 1.18 bits per heavy atom. The number of hydrogen-bond donors (Lipinski definition) is 1. The summed E-state index contributed by atoms with van der Waals surface area (Å²) in [6.45, 7) is 0.234. The van der Waals surface area contributed by atoms with E-state index in [-0.39, 0.29) is 12.4 Å². The molecule has 0 saturated carbocycles. The summed E-state index contributed by atoms with van der Waals surface area (Å²) in [6, 6.07) is 19.9. The molecule has 0 aliphatic rings. The van der Waals surface area contributed by atoms with E-state index in [9.17, 15) is 4.79 Å². The first-order valence-electron chi connectivity index (χ1n) is 9.96. The fourth-order valence-electron chi connectivity index (χ4n) is 3.21. The van der Waals surface area contributed by atoms with Gasteiger partial charge in [-0.2, -0.15) is 5.10 Å². The number of ether oxygens (including phenoxy) is 2. The Balaban J connectivity index is 1.46. The van der Waals surface area contributed by atoms with Gasteiger partial charge in [0.15, 0.2) is 17.3 Å². The minimum absolute atomic E-state index is 0.167. The van der Waals surface area contributed by atoms with Crippen LogP contribution < -0.4 is 14.9 Å². The van der Waals surface area contributed by atoms with Crippen molar-refractivity contribution in [2.75, 3.05) is 7.11 Å². The number of halogens is 1. The van der Waals surface area contributed by atoms with Crippen molar-refractivity contribution < 1.29 is 18.7 Å². The van der Waals surface area contributed by atoms with Gasteiger partial charge in [-0.25, -0.2) is 5.43 Å². The van der Waals surface area contributed by atoms with Crippen molar-refractivity contribution in [3.05, 3.63) is 94.2 Å². The molecule has 1 heterocycles. The molecule has 0 saturated heterocycles. The van der Waals surface area contributed by atoms with Gasteiger partial charge < -0.3 is 13.9 Å². The third-order valence-corrected chi connectivity index (χ3v) is 5.11. The number of terminal acetylenes is 1. The third-order valence-electron chi connectivity index (χ3n) is 4.83. The van der Waals surface area contributed by atoms with Crippen molar-refractivity contribution in [1.82, 2.24) is 5.43 Å². The van der Waals surface area contributed by atoms with E-state index < -0.39 is 5.91 Å². The molecule has 0 aliphatic carbocycles. The number of carbonyl (C=O) groups excluding carboxylic acids is 1. The molecule has 1 amide bonds. The summed E-state index contributed by atoms with van der Waals surface area (Å²) in [5, 5.41) is 5.16. The zero-order valence-electron chi connectivity index (χ0n) is 17.7. The maximum absolute atomic E-state index is 12.3. The van der Waals surface area contributed by atoms with Gasteiger partial charge in [-0.1, -0.05) is 53.9 Å². The maximum atomic E-state index is 12.3. The fourth-order valence-corrected chi connectivity index (χ4v) is 3.48. The summed E-state index contributed by atoms with van der Waals surface area (Å²) in [6.07, 6.45) is 6.99. The van der Waals surface area contributed by atoms with Crippen LogP contribution in [0.3, 0.4) is 0 Å². The summed E-state index contributed by atoms with van der Waals surface area (Å²) >= 11 is 6.43. The van der Waals surface area contributed by atoms with Crippen molar-refractivity contribution in [3.8, 4) is 23.8 Å². The van der Waals surface area contributed by atoms with Gasteiger partial charge in [0.25, 0.3) is 0 Å². The maximum Gasteiger partial charge on any atom is 0.307 e. The molecule has 0 spiro atoms. The molecule has 0 unspecified atom stereocenters. The number of furan rings is 1. The number of hydrazone groups is 1. The summed E-state index contributed by atoms with van der Waals surface area (Å²) in [4.78, 5) is 12.3. The number of fused-ring (bicyclic) bond motifs is 1. The number of para-hydroxylation sites is 1. The SMILES string of the molecule is C#Cc1ccccc1COc1c(Cl)cc(C=NNC(=O)c2cc3ccccc3o2)cc1OC. The van der Waals surface area contributed by atoms with E-state index >= 15 is 0 Å². The first kappa shape index (κ1) is 22.0. The number of benzene rings is 3. The molecule has 4 rings (SSSR count). The Morgan fingerprint density at radius 3 is 2.76 bits per heavy atom. The molecular formula is C26H19ClN2O4. The van der Waals surface area contributed by atoms with Crippen molar-refractivity contribution in [2.45, 2.75) is 6.61 Å². The Morgan fingerprint density at radius 2 is 1.97 bits per heavy atom. The summed E-state index contributed by atoms with van der Waals surface area (Å²) < 4.78 is 16.8. The van der Waals surface area contributed by atoms with E-state index in [0.29, 0.717) is 27.7 Å². The van der Waals surface area contributed by atoms with Crippen LogP contribution in [0.4, 0.5) is 0 Å². The van der Waals surface area contributed by atoms with Crippen LogP contribution in [0.1, 0.15) is 27.2 Å². The van der Waals surface area contributed by atoms with Crippen LogP contribution in [0.2, 0.25) is 5.02 Å². The molecule has 33 heavy (non-hydrogen) atoms. The molecule has 4 aromatic rings. The van der Waals surface area contributed by atoms with Gasteiger partial charge in [-0.15, -0.1) is 6.42 Å². The Bertz CT molecular complexity index is 1350. The molecule has 0 radical (unpaired) electrons. The predicted molar refractivity (Wildman–Crippen MR) is 128 cm³/mol. The van der Waals surface area contributed by atoms with Gasteiger partial charge in [0.2, 0.25) is 0 Å². The average Bonchev–Trinajstić information content (AvgIpc) is 3.28. The molecule has 164 valence electrons. The van der Waals surface area contributed by atoms with Crippen molar-refractivity contribution in [3.63, 3.8) is 0 Å². The molecule has 0 fully saturated rings. The van der Waals surface area contributed by atoms with Gasteiger partial charge in [-0.3, -0.25) is 4.79 Å². The molecule has 1 aromatic heterocycles. The van der Waals surface area contributed by atoms with E-state index in [0.717, 1.165) is 16.5 Å². The lowest BCUT2D eigenvalue weighted by molar-refractivity contribution is 0.0929. The number of carbonyl (C=O) groups is 1. The Labute approximate surface area is 195 Å². The number of amides is 1. The van der Waals surface area contributed by atoms with Crippen molar-refractivity contribution in [1.29, 1.82) is 0 Å². The van der Waals surface area contributed by atoms with E-state index in [2.05, 4.69) is 16.4 Å².